The first-order valence-corrected chi connectivity index (χ1v) is 9.11. The summed E-state index contributed by atoms with van der Waals surface area (Å²) in [6.45, 7) is 7.13. The summed E-state index contributed by atoms with van der Waals surface area (Å²) in [5.74, 6) is 0.402. The van der Waals surface area contributed by atoms with Crippen molar-refractivity contribution in [3.05, 3.63) is 36.3 Å². The summed E-state index contributed by atoms with van der Waals surface area (Å²) in [5, 5.41) is 2.29. The van der Waals surface area contributed by atoms with Gasteiger partial charge in [-0.05, 0) is 57.2 Å². The minimum absolute atomic E-state index is 0.215. The number of likely N-dealkylation sites (tertiary alicyclic amines) is 1. The molecule has 0 spiro atoms. The Balaban J connectivity index is 1.58. The van der Waals surface area contributed by atoms with Gasteiger partial charge in [0.15, 0.2) is 0 Å². The average molecular weight is 352 g/mol. The van der Waals surface area contributed by atoms with Crippen LogP contribution in [0, 0.1) is 0 Å². The van der Waals surface area contributed by atoms with Crippen molar-refractivity contribution in [1.29, 1.82) is 0 Å². The molecule has 1 aliphatic rings. The van der Waals surface area contributed by atoms with Crippen LogP contribution in [0.4, 0.5) is 4.79 Å². The molecule has 1 saturated heterocycles. The van der Waals surface area contributed by atoms with Gasteiger partial charge in [0.2, 0.25) is 0 Å². The van der Waals surface area contributed by atoms with Crippen LogP contribution in [0.15, 0.2) is 30.7 Å². The number of hydrogen-bond donors (Lipinski definition) is 1. The molecule has 3 aromatic rings. The number of aromatic nitrogens is 3. The van der Waals surface area contributed by atoms with Crippen LogP contribution in [0.1, 0.15) is 45.1 Å². The Morgan fingerprint density at radius 3 is 2.73 bits per heavy atom. The molecule has 1 aliphatic heterocycles. The van der Waals surface area contributed by atoms with Crippen molar-refractivity contribution in [2.45, 2.75) is 45.1 Å². The fraction of sp³-hybridized carbons (Fsp3) is 0.450. The number of aromatic amines is 1. The highest BCUT2D eigenvalue weighted by Crippen LogP contribution is 2.35. The largest absolute Gasteiger partial charge is 0.444 e. The Hall–Kier alpha value is -2.63. The third-order valence-corrected chi connectivity index (χ3v) is 4.91. The van der Waals surface area contributed by atoms with Crippen LogP contribution in [-0.4, -0.2) is 44.6 Å². The van der Waals surface area contributed by atoms with Crippen LogP contribution in [0.2, 0.25) is 0 Å². The lowest BCUT2D eigenvalue weighted by Crippen LogP contribution is -2.41. The van der Waals surface area contributed by atoms with E-state index in [9.17, 15) is 4.79 Å². The van der Waals surface area contributed by atoms with E-state index < -0.39 is 5.60 Å². The number of hydrogen-bond acceptors (Lipinski definition) is 4. The van der Waals surface area contributed by atoms with Gasteiger partial charge in [0.05, 0.1) is 11.7 Å². The average Bonchev–Trinajstić information content (AvgIpc) is 3.09. The topological polar surface area (TPSA) is 71.1 Å². The molecular weight excluding hydrogens is 328 g/mol. The Labute approximate surface area is 152 Å². The lowest BCUT2D eigenvalue weighted by Gasteiger charge is -2.34. The van der Waals surface area contributed by atoms with Gasteiger partial charge in [-0.25, -0.2) is 9.78 Å². The molecule has 4 rings (SSSR count). The maximum absolute atomic E-state index is 12.3. The molecule has 0 aliphatic carbocycles. The van der Waals surface area contributed by atoms with Gasteiger partial charge in [0, 0.05) is 36.3 Å². The summed E-state index contributed by atoms with van der Waals surface area (Å²) in [7, 11) is 0. The third-order valence-electron chi connectivity index (χ3n) is 4.91. The quantitative estimate of drug-likeness (QED) is 0.711. The van der Waals surface area contributed by atoms with Gasteiger partial charge >= 0.3 is 6.09 Å². The van der Waals surface area contributed by atoms with Crippen molar-refractivity contribution < 1.29 is 9.53 Å². The zero-order valence-corrected chi connectivity index (χ0v) is 15.5. The van der Waals surface area contributed by atoms with E-state index in [1.165, 1.54) is 10.9 Å². The van der Waals surface area contributed by atoms with Gasteiger partial charge in [-0.2, -0.15) is 0 Å². The van der Waals surface area contributed by atoms with Crippen molar-refractivity contribution in [2.75, 3.05) is 13.1 Å². The number of carbonyl (C=O) groups is 1. The molecule has 0 atom stereocenters. The van der Waals surface area contributed by atoms with E-state index in [1.807, 2.05) is 44.3 Å². The number of piperidine rings is 1. The number of nitrogens with zero attached hydrogens (tertiary/aromatic N) is 3. The van der Waals surface area contributed by atoms with Crippen LogP contribution in [0.3, 0.4) is 0 Å². The molecule has 0 radical (unpaired) electrons. The summed E-state index contributed by atoms with van der Waals surface area (Å²) in [4.78, 5) is 26.2. The number of fused-ring (bicyclic) bond motifs is 3. The van der Waals surface area contributed by atoms with Gasteiger partial charge < -0.3 is 14.6 Å². The van der Waals surface area contributed by atoms with E-state index in [-0.39, 0.29) is 6.09 Å². The Kier molecular flexibility index (Phi) is 4.05. The number of rotatable bonds is 1. The predicted molar refractivity (Wildman–Crippen MR) is 101 cm³/mol. The monoisotopic (exact) mass is 352 g/mol. The predicted octanol–water partition coefficient (Wildman–Crippen LogP) is 4.23. The number of nitrogens with one attached hydrogen (secondary N) is 1. The van der Waals surface area contributed by atoms with Gasteiger partial charge in [0.1, 0.15) is 11.2 Å². The number of amides is 1. The molecule has 26 heavy (non-hydrogen) atoms. The second-order valence-corrected chi connectivity index (χ2v) is 7.90. The lowest BCUT2D eigenvalue weighted by atomic mass is 9.87. The molecule has 0 saturated carbocycles. The minimum Gasteiger partial charge on any atom is -0.444 e. The second-order valence-electron chi connectivity index (χ2n) is 7.90. The Morgan fingerprint density at radius 1 is 1.23 bits per heavy atom. The summed E-state index contributed by atoms with van der Waals surface area (Å²) >= 11 is 0. The zero-order valence-electron chi connectivity index (χ0n) is 15.5. The Bertz CT molecular complexity index is 949. The first-order chi connectivity index (χ1) is 12.4. The highest BCUT2D eigenvalue weighted by Gasteiger charge is 2.28. The van der Waals surface area contributed by atoms with E-state index in [0.717, 1.165) is 29.4 Å². The molecule has 0 bridgehead atoms. The highest BCUT2D eigenvalue weighted by atomic mass is 16.6. The van der Waals surface area contributed by atoms with Crippen LogP contribution in [0.5, 0.6) is 0 Å². The second kappa shape index (κ2) is 6.27. The van der Waals surface area contributed by atoms with Crippen LogP contribution in [0.25, 0.3) is 21.9 Å². The smallest absolute Gasteiger partial charge is 0.410 e. The fourth-order valence-corrected chi connectivity index (χ4v) is 3.72. The molecule has 6 heteroatoms. The normalized spacial score (nSPS) is 16.3. The number of H-pyrrole nitrogens is 1. The first kappa shape index (κ1) is 16.8. The first-order valence-electron chi connectivity index (χ1n) is 9.11. The van der Waals surface area contributed by atoms with Crippen molar-refractivity contribution in [2.24, 2.45) is 0 Å². The SMILES string of the molecule is CC(C)(C)OC(=O)N1CCC(c2ccnc3cnc4[nH]ccc4c23)CC1. The fourth-order valence-electron chi connectivity index (χ4n) is 3.72. The van der Waals surface area contributed by atoms with Crippen LogP contribution < -0.4 is 0 Å². The molecule has 1 amide bonds. The van der Waals surface area contributed by atoms with E-state index in [2.05, 4.69) is 27.1 Å². The van der Waals surface area contributed by atoms with E-state index >= 15 is 0 Å². The van der Waals surface area contributed by atoms with Crippen molar-refractivity contribution in [3.63, 3.8) is 0 Å². The number of pyridine rings is 2. The number of ether oxygens (including phenoxy) is 1. The summed E-state index contributed by atoms with van der Waals surface area (Å²) in [6, 6.07) is 4.17. The molecule has 3 aromatic heterocycles. The highest BCUT2D eigenvalue weighted by molar-refractivity contribution is 6.05. The molecule has 136 valence electrons. The zero-order chi connectivity index (χ0) is 18.3. The van der Waals surface area contributed by atoms with Gasteiger partial charge in [-0.3, -0.25) is 4.98 Å². The third kappa shape index (κ3) is 3.11. The van der Waals surface area contributed by atoms with Gasteiger partial charge in [0.25, 0.3) is 0 Å². The van der Waals surface area contributed by atoms with Crippen LogP contribution >= 0.6 is 0 Å². The molecule has 0 unspecified atom stereocenters. The molecule has 1 N–H and O–H groups in total. The van der Waals surface area contributed by atoms with E-state index in [1.54, 1.807) is 0 Å². The lowest BCUT2D eigenvalue weighted by molar-refractivity contribution is 0.0205. The van der Waals surface area contributed by atoms with Crippen LogP contribution in [-0.2, 0) is 4.74 Å². The van der Waals surface area contributed by atoms with Gasteiger partial charge in [-0.15, -0.1) is 0 Å². The minimum atomic E-state index is -0.456. The maximum Gasteiger partial charge on any atom is 0.410 e. The molecule has 0 aromatic carbocycles. The molecule has 1 fully saturated rings. The van der Waals surface area contributed by atoms with Crippen molar-refractivity contribution in [1.82, 2.24) is 19.9 Å². The van der Waals surface area contributed by atoms with Crippen molar-refractivity contribution >= 4 is 28.0 Å². The maximum atomic E-state index is 12.3. The van der Waals surface area contributed by atoms with E-state index in [4.69, 9.17) is 4.74 Å². The molecule has 6 nitrogen and oxygen atoms in total. The summed E-state index contributed by atoms with van der Waals surface area (Å²) in [5.41, 5.74) is 2.65. The van der Waals surface area contributed by atoms with Gasteiger partial charge in [-0.1, -0.05) is 0 Å². The summed E-state index contributed by atoms with van der Waals surface area (Å²) < 4.78 is 5.50. The Morgan fingerprint density at radius 2 is 2.00 bits per heavy atom. The summed E-state index contributed by atoms with van der Waals surface area (Å²) in [6.07, 6.45) is 7.23. The number of carbonyl (C=O) groups excluding carboxylic acids is 1. The molecule has 4 heterocycles. The standard InChI is InChI=1S/C20H24N4O2/c1-20(2,3)26-19(25)24-10-6-13(7-11-24)14-4-8-21-16-12-23-18-15(17(14)16)5-9-22-18/h4-5,8-9,12-13H,6-7,10-11H2,1-3H3,(H,22,23). The van der Waals surface area contributed by atoms with Crippen molar-refractivity contribution in [3.8, 4) is 0 Å². The molecular formula is C20H24N4O2. The van der Waals surface area contributed by atoms with E-state index in [0.29, 0.717) is 19.0 Å².